The molecule has 0 unspecified atom stereocenters. The van der Waals surface area contributed by atoms with Crippen molar-refractivity contribution >= 4 is 0 Å². The fraction of sp³-hybridized carbons (Fsp3) is 0.692. The van der Waals surface area contributed by atoms with E-state index in [-0.39, 0.29) is 0 Å². The first-order valence-electron chi connectivity index (χ1n) is 10.4. The van der Waals surface area contributed by atoms with Crippen LogP contribution in [0.25, 0.3) is 0 Å². The Morgan fingerprint density at radius 2 is 0.769 bits per heavy atom. The van der Waals surface area contributed by atoms with Gasteiger partial charge < -0.3 is 0 Å². The largest absolute Gasteiger partial charge is 0.103 e. The molecule has 0 radical (unpaired) electrons. The van der Waals surface area contributed by atoms with Gasteiger partial charge >= 0.3 is 0 Å². The van der Waals surface area contributed by atoms with Crippen LogP contribution in [0.3, 0.4) is 0 Å². The monoisotopic (exact) mass is 370 g/mol. The molecule has 0 heteroatoms. The maximum atomic E-state index is 3.56. The summed E-state index contributed by atoms with van der Waals surface area (Å²) in [5.41, 5.74) is 1.17. The molecule has 0 nitrogen and oxygen atoms in total. The molecule has 0 aliphatic rings. The molecule has 26 heavy (non-hydrogen) atoms. The summed E-state index contributed by atoms with van der Waals surface area (Å²) in [7, 11) is 0. The first-order chi connectivity index (χ1) is 12.0. The fourth-order valence-electron chi connectivity index (χ4n) is 0. The Morgan fingerprint density at radius 3 is 0.769 bits per heavy atom. The summed E-state index contributed by atoms with van der Waals surface area (Å²) in [4.78, 5) is 0. The van der Waals surface area contributed by atoms with Crippen LogP contribution in [-0.4, -0.2) is 0 Å². The van der Waals surface area contributed by atoms with E-state index in [1.54, 1.807) is 6.08 Å². The number of hydrogen-bond donors (Lipinski definition) is 0. The van der Waals surface area contributed by atoms with Gasteiger partial charge in [-0.05, 0) is 54.4 Å². The van der Waals surface area contributed by atoms with Gasteiger partial charge in [0.2, 0.25) is 0 Å². The lowest BCUT2D eigenvalue weighted by Gasteiger charge is -1.79. The van der Waals surface area contributed by atoms with Gasteiger partial charge in [-0.15, -0.1) is 13.2 Å². The van der Waals surface area contributed by atoms with Gasteiger partial charge in [0.05, 0.1) is 0 Å². The highest BCUT2D eigenvalue weighted by molar-refractivity contribution is 4.78. The molecule has 0 aromatic heterocycles. The molecule has 0 N–H and O–H groups in total. The molecule has 0 heterocycles. The quantitative estimate of drug-likeness (QED) is 0.402. The number of hydrogen-bond acceptors (Lipinski definition) is 0. The molecule has 0 aliphatic heterocycles. The highest BCUT2D eigenvalue weighted by Crippen LogP contribution is 1.81. The highest BCUT2D eigenvalue weighted by atomic mass is 13.7. The topological polar surface area (TPSA) is 0 Å². The Labute approximate surface area is 171 Å². The minimum Gasteiger partial charge on any atom is -0.103 e. The van der Waals surface area contributed by atoms with Crippen LogP contribution in [0.5, 0.6) is 0 Å². The Kier molecular flexibility index (Phi) is 128. The van der Waals surface area contributed by atoms with Gasteiger partial charge in [0, 0.05) is 0 Å². The summed E-state index contributed by atoms with van der Waals surface area (Å²) < 4.78 is 0. The molecule has 0 spiro atoms. The predicted molar refractivity (Wildman–Crippen MR) is 134 cm³/mol. The van der Waals surface area contributed by atoms with Crippen LogP contribution in [-0.2, 0) is 0 Å². The van der Waals surface area contributed by atoms with E-state index >= 15 is 0 Å². The van der Waals surface area contributed by atoms with E-state index in [0.717, 1.165) is 5.92 Å². The number of allylic oxidation sites excluding steroid dienone is 6. The second kappa shape index (κ2) is 75.2. The summed E-state index contributed by atoms with van der Waals surface area (Å²) in [5.74, 6) is 0.833. The summed E-state index contributed by atoms with van der Waals surface area (Å²) >= 11 is 0. The van der Waals surface area contributed by atoms with Crippen molar-refractivity contribution in [2.45, 2.75) is 116 Å². The SMILES string of the molecule is C/C=C/C.C/C=C\C.C=C(C)C.C=CC.CC(C)C.CCC.CCCC. The predicted octanol–water partition coefficient (Wildman–Crippen LogP) is 10.8. The lowest BCUT2D eigenvalue weighted by molar-refractivity contribution is 0.737. The van der Waals surface area contributed by atoms with Crippen molar-refractivity contribution in [2.75, 3.05) is 0 Å². The standard InChI is InChI=1S/C4H10.C4H8.C4H10.2C4H8.C3H8.C3H6/c2*1-4(2)3;3*1-3-4-2;2*1-3-2/h4H,1-3H3;1H2,2-3H3;3-4H2,1-2H3;2*3-4H,1-2H3;3H2,1-2H3;3H,1H2,2H3/b;;;4-3+;4-3-;;. The van der Waals surface area contributed by atoms with Gasteiger partial charge in [-0.3, -0.25) is 0 Å². The number of unbranched alkanes of at least 4 members (excludes halogenated alkanes) is 1. The first-order valence-corrected chi connectivity index (χ1v) is 10.4. The molecule has 0 fully saturated rings. The van der Waals surface area contributed by atoms with E-state index in [0.29, 0.717) is 0 Å². The zero-order valence-electron chi connectivity index (χ0n) is 21.5. The Hall–Kier alpha value is -1.04. The molecular weight excluding hydrogens is 312 g/mol. The van der Waals surface area contributed by atoms with Crippen molar-refractivity contribution in [3.63, 3.8) is 0 Å². The highest BCUT2D eigenvalue weighted by Gasteiger charge is 1.68. The zero-order chi connectivity index (χ0) is 22.8. The molecule has 162 valence electrons. The van der Waals surface area contributed by atoms with Crippen LogP contribution in [0, 0.1) is 5.92 Å². The Morgan fingerprint density at radius 1 is 0.692 bits per heavy atom. The minimum atomic E-state index is 0.833. The van der Waals surface area contributed by atoms with E-state index in [2.05, 4.69) is 61.6 Å². The molecule has 0 aromatic rings. The zero-order valence-corrected chi connectivity index (χ0v) is 21.5. The van der Waals surface area contributed by atoms with Crippen LogP contribution in [0.4, 0.5) is 0 Å². The van der Waals surface area contributed by atoms with Gasteiger partial charge in [-0.1, -0.05) is 104 Å². The second-order valence-electron chi connectivity index (χ2n) is 6.39. The van der Waals surface area contributed by atoms with Gasteiger partial charge in [-0.2, -0.15) is 0 Å². The lowest BCUT2D eigenvalue weighted by atomic mass is 10.3. The first kappa shape index (κ1) is 44.4. The van der Waals surface area contributed by atoms with Crippen molar-refractivity contribution in [3.05, 3.63) is 49.1 Å². The van der Waals surface area contributed by atoms with Gasteiger partial charge in [-0.25, -0.2) is 0 Å². The molecule has 0 aromatic carbocycles. The summed E-state index contributed by atoms with van der Waals surface area (Å²) in [6.45, 7) is 35.9. The van der Waals surface area contributed by atoms with Crippen LogP contribution in [0.2, 0.25) is 0 Å². The van der Waals surface area contributed by atoms with Gasteiger partial charge in [0.25, 0.3) is 0 Å². The summed E-state index contributed by atoms with van der Waals surface area (Å²) in [6, 6.07) is 0. The molecule has 0 amide bonds. The lowest BCUT2D eigenvalue weighted by Crippen LogP contribution is -1.66. The van der Waals surface area contributed by atoms with E-state index in [4.69, 9.17) is 0 Å². The second-order valence-corrected chi connectivity index (χ2v) is 6.39. The van der Waals surface area contributed by atoms with E-state index in [1.165, 1.54) is 24.8 Å². The van der Waals surface area contributed by atoms with E-state index in [9.17, 15) is 0 Å². The van der Waals surface area contributed by atoms with Crippen molar-refractivity contribution in [3.8, 4) is 0 Å². The molecular formula is C26H58. The molecule has 0 rings (SSSR count). The normalized spacial score (nSPS) is 7.65. The van der Waals surface area contributed by atoms with Gasteiger partial charge in [0.15, 0.2) is 0 Å². The van der Waals surface area contributed by atoms with Crippen LogP contribution >= 0.6 is 0 Å². The third-order valence-electron chi connectivity index (χ3n) is 1.17. The maximum absolute atomic E-state index is 3.56. The molecule has 0 atom stereocenters. The number of rotatable bonds is 1. The molecule has 0 saturated heterocycles. The van der Waals surface area contributed by atoms with Crippen molar-refractivity contribution in [1.82, 2.24) is 0 Å². The third kappa shape index (κ3) is 2880. The summed E-state index contributed by atoms with van der Waals surface area (Å²) in [5, 5.41) is 0. The smallest absolute Gasteiger partial charge is 0.0445 e. The average Bonchev–Trinajstić information content (AvgIpc) is 2.55. The Bertz CT molecular complexity index is 189. The molecule has 0 bridgehead atoms. The minimum absolute atomic E-state index is 0.833. The van der Waals surface area contributed by atoms with Crippen molar-refractivity contribution < 1.29 is 0 Å². The van der Waals surface area contributed by atoms with Crippen LogP contribution in [0.1, 0.15) is 116 Å². The van der Waals surface area contributed by atoms with Crippen molar-refractivity contribution in [1.29, 1.82) is 0 Å². The van der Waals surface area contributed by atoms with Crippen molar-refractivity contribution in [2.24, 2.45) is 5.92 Å². The average molecular weight is 371 g/mol. The van der Waals surface area contributed by atoms with Gasteiger partial charge in [0.1, 0.15) is 0 Å². The third-order valence-corrected chi connectivity index (χ3v) is 1.17. The Balaban J connectivity index is -0.0000000325. The van der Waals surface area contributed by atoms with E-state index in [1.807, 2.05) is 72.8 Å². The van der Waals surface area contributed by atoms with E-state index < -0.39 is 0 Å². The summed E-state index contributed by atoms with van der Waals surface area (Å²) in [6.07, 6.45) is 13.6. The van der Waals surface area contributed by atoms with Crippen LogP contribution < -0.4 is 0 Å². The maximum Gasteiger partial charge on any atom is -0.0445 e. The molecule has 0 aliphatic carbocycles. The van der Waals surface area contributed by atoms with Crippen LogP contribution in [0.15, 0.2) is 49.1 Å². The fourth-order valence-corrected chi connectivity index (χ4v) is 0. The molecule has 0 saturated carbocycles.